The van der Waals surface area contributed by atoms with Crippen LogP contribution in [0.2, 0.25) is 0 Å². The van der Waals surface area contributed by atoms with Crippen LogP contribution in [0.3, 0.4) is 0 Å². The van der Waals surface area contributed by atoms with E-state index in [1.165, 1.54) is 5.56 Å². The molecule has 0 bridgehead atoms. The van der Waals surface area contributed by atoms with Gasteiger partial charge >= 0.3 is 5.97 Å². The maximum atomic E-state index is 12.7. The fourth-order valence-electron chi connectivity index (χ4n) is 3.36. The maximum Gasteiger partial charge on any atom is 0.314 e. The molecule has 0 saturated heterocycles. The van der Waals surface area contributed by atoms with Gasteiger partial charge in [-0.05, 0) is 57.7 Å². The molecule has 0 amide bonds. The fraction of sp³-hybridized carbons (Fsp3) is 0.519. The van der Waals surface area contributed by atoms with Crippen molar-refractivity contribution in [2.24, 2.45) is 0 Å². The summed E-state index contributed by atoms with van der Waals surface area (Å²) in [6.07, 6.45) is 1.22. The molecule has 0 N–H and O–H groups in total. The number of hydrogen-bond donors (Lipinski definition) is 0. The number of methoxy groups -OCH3 is 2. The molecule has 0 saturated carbocycles. The number of hydrogen-bond acceptors (Lipinski definition) is 5. The first-order valence-corrected chi connectivity index (χ1v) is 11.2. The van der Waals surface area contributed by atoms with Crippen LogP contribution in [0.25, 0.3) is 0 Å². The van der Waals surface area contributed by atoms with Crippen LogP contribution in [0.15, 0.2) is 42.5 Å². The predicted octanol–water partition coefficient (Wildman–Crippen LogP) is 6.34. The number of para-hydroxylation sites is 1. The van der Waals surface area contributed by atoms with Crippen molar-refractivity contribution in [1.82, 2.24) is 0 Å². The largest absolute Gasteiger partial charge is 0.493 e. The van der Waals surface area contributed by atoms with Gasteiger partial charge in [-0.2, -0.15) is 0 Å². The molecule has 5 nitrogen and oxygen atoms in total. The van der Waals surface area contributed by atoms with E-state index in [1.54, 1.807) is 14.2 Å². The van der Waals surface area contributed by atoms with Gasteiger partial charge in [0.05, 0.1) is 24.2 Å². The molecule has 1 unspecified atom stereocenters. The molecule has 32 heavy (non-hydrogen) atoms. The first-order valence-electron chi connectivity index (χ1n) is 11.2. The Hall–Kier alpha value is -2.37. The van der Waals surface area contributed by atoms with Crippen LogP contribution in [0.5, 0.6) is 11.5 Å². The lowest BCUT2D eigenvalue weighted by Gasteiger charge is -2.31. The molecule has 0 heterocycles. The first kappa shape index (κ1) is 25.9. The van der Waals surface area contributed by atoms with Crippen LogP contribution >= 0.6 is 0 Å². The minimum absolute atomic E-state index is 0.127. The highest BCUT2D eigenvalue weighted by molar-refractivity contribution is 5.74. The summed E-state index contributed by atoms with van der Waals surface area (Å²) in [6.45, 7) is 12.4. The molecule has 2 aromatic rings. The predicted molar refractivity (Wildman–Crippen MR) is 127 cm³/mol. The molecule has 176 valence electrons. The standard InChI is InChI=1S/C27H38O5/c1-9-19(2)20-13-15-21(16-14-20)31-18-17-24(28)32-25-22(26(3,4)29-7)11-10-12-23(25)27(5,6)30-8/h10-16,19H,9,17-18H2,1-8H3. The van der Waals surface area contributed by atoms with Gasteiger partial charge in [0.2, 0.25) is 0 Å². The molecular weight excluding hydrogens is 404 g/mol. The van der Waals surface area contributed by atoms with Crippen LogP contribution in [0.4, 0.5) is 0 Å². The summed E-state index contributed by atoms with van der Waals surface area (Å²) in [5.74, 6) is 1.37. The Labute approximate surface area is 193 Å². The lowest BCUT2D eigenvalue weighted by molar-refractivity contribution is -0.135. The minimum Gasteiger partial charge on any atom is -0.493 e. The van der Waals surface area contributed by atoms with Crippen molar-refractivity contribution >= 4 is 5.97 Å². The van der Waals surface area contributed by atoms with Gasteiger partial charge in [0.25, 0.3) is 0 Å². The zero-order valence-corrected chi connectivity index (χ0v) is 20.8. The second-order valence-corrected chi connectivity index (χ2v) is 9.06. The summed E-state index contributed by atoms with van der Waals surface area (Å²) < 4.78 is 23.0. The Morgan fingerprint density at radius 2 is 1.44 bits per heavy atom. The zero-order valence-electron chi connectivity index (χ0n) is 20.8. The number of esters is 1. The second kappa shape index (κ2) is 11.0. The Bertz CT molecular complexity index is 849. The van der Waals surface area contributed by atoms with Gasteiger partial charge in [-0.3, -0.25) is 4.79 Å². The van der Waals surface area contributed by atoms with Gasteiger partial charge in [0, 0.05) is 25.3 Å². The van der Waals surface area contributed by atoms with Crippen LogP contribution in [-0.2, 0) is 25.5 Å². The summed E-state index contributed by atoms with van der Waals surface area (Å²) >= 11 is 0. The van der Waals surface area contributed by atoms with Crippen molar-refractivity contribution in [3.8, 4) is 11.5 Å². The smallest absolute Gasteiger partial charge is 0.314 e. The van der Waals surface area contributed by atoms with Crippen LogP contribution < -0.4 is 9.47 Å². The second-order valence-electron chi connectivity index (χ2n) is 9.06. The average molecular weight is 443 g/mol. The van der Waals surface area contributed by atoms with Gasteiger partial charge in [0.1, 0.15) is 11.5 Å². The Kier molecular flexibility index (Phi) is 8.88. The lowest BCUT2D eigenvalue weighted by atomic mass is 9.89. The third kappa shape index (κ3) is 6.33. The highest BCUT2D eigenvalue weighted by Crippen LogP contribution is 2.40. The normalized spacial score (nSPS) is 13.0. The Balaban J connectivity index is 2.13. The SMILES string of the molecule is CCC(C)c1ccc(OCCC(=O)Oc2c(C(C)(C)OC)cccc2C(C)(C)OC)cc1. The molecule has 0 fully saturated rings. The van der Waals surface area contributed by atoms with E-state index in [2.05, 4.69) is 26.0 Å². The summed E-state index contributed by atoms with van der Waals surface area (Å²) in [6, 6.07) is 13.8. The number of carbonyl (C=O) groups is 1. The fourth-order valence-corrected chi connectivity index (χ4v) is 3.36. The lowest BCUT2D eigenvalue weighted by Crippen LogP contribution is -2.27. The van der Waals surface area contributed by atoms with Crippen molar-refractivity contribution in [3.05, 3.63) is 59.2 Å². The molecule has 5 heteroatoms. The van der Waals surface area contributed by atoms with E-state index in [1.807, 2.05) is 58.0 Å². The molecule has 0 aliphatic heterocycles. The molecule has 0 aliphatic rings. The van der Waals surface area contributed by atoms with Gasteiger partial charge < -0.3 is 18.9 Å². The summed E-state index contributed by atoms with van der Waals surface area (Å²) in [5.41, 5.74) is 1.59. The van der Waals surface area contributed by atoms with Gasteiger partial charge in [-0.15, -0.1) is 0 Å². The molecule has 0 radical (unpaired) electrons. The van der Waals surface area contributed by atoms with Crippen LogP contribution in [-0.4, -0.2) is 26.8 Å². The molecule has 0 aromatic heterocycles. The van der Waals surface area contributed by atoms with Crippen molar-refractivity contribution < 1.29 is 23.7 Å². The van der Waals surface area contributed by atoms with Crippen molar-refractivity contribution in [2.75, 3.05) is 20.8 Å². The van der Waals surface area contributed by atoms with Crippen LogP contribution in [0, 0.1) is 0 Å². The monoisotopic (exact) mass is 442 g/mol. The number of carbonyl (C=O) groups excluding carboxylic acids is 1. The third-order valence-electron chi connectivity index (χ3n) is 6.19. The number of benzene rings is 2. The molecule has 0 spiro atoms. The van der Waals surface area contributed by atoms with Gasteiger partial charge in [0.15, 0.2) is 0 Å². The van der Waals surface area contributed by atoms with Crippen LogP contribution in [0.1, 0.15) is 77.0 Å². The van der Waals surface area contributed by atoms with E-state index in [4.69, 9.17) is 18.9 Å². The highest BCUT2D eigenvalue weighted by atomic mass is 16.5. The average Bonchev–Trinajstić information content (AvgIpc) is 2.78. The quantitative estimate of drug-likeness (QED) is 0.300. The minimum atomic E-state index is -0.636. The first-order chi connectivity index (χ1) is 15.1. The van der Waals surface area contributed by atoms with E-state index in [-0.39, 0.29) is 19.0 Å². The molecule has 2 rings (SSSR count). The molecule has 1 atom stereocenters. The van der Waals surface area contributed by atoms with E-state index in [0.717, 1.165) is 23.3 Å². The van der Waals surface area contributed by atoms with Crippen molar-refractivity contribution in [2.45, 2.75) is 71.5 Å². The zero-order chi connectivity index (χ0) is 23.9. The van der Waals surface area contributed by atoms with E-state index in [0.29, 0.717) is 11.7 Å². The summed E-state index contributed by atoms with van der Waals surface area (Å²) in [4.78, 5) is 12.7. The van der Waals surface area contributed by atoms with E-state index >= 15 is 0 Å². The highest BCUT2D eigenvalue weighted by Gasteiger charge is 2.32. The van der Waals surface area contributed by atoms with E-state index < -0.39 is 11.2 Å². The topological polar surface area (TPSA) is 54.0 Å². The summed E-state index contributed by atoms with van der Waals surface area (Å²) in [7, 11) is 3.28. The third-order valence-corrected chi connectivity index (χ3v) is 6.19. The van der Waals surface area contributed by atoms with Gasteiger partial charge in [-0.1, -0.05) is 44.2 Å². The van der Waals surface area contributed by atoms with Crippen molar-refractivity contribution in [3.63, 3.8) is 0 Å². The molecular formula is C27H38O5. The van der Waals surface area contributed by atoms with Crippen molar-refractivity contribution in [1.29, 1.82) is 0 Å². The number of ether oxygens (including phenoxy) is 4. The Morgan fingerprint density at radius 1 is 0.906 bits per heavy atom. The molecule has 0 aliphatic carbocycles. The van der Waals surface area contributed by atoms with E-state index in [9.17, 15) is 4.79 Å². The van der Waals surface area contributed by atoms with Gasteiger partial charge in [-0.25, -0.2) is 0 Å². The summed E-state index contributed by atoms with van der Waals surface area (Å²) in [5, 5.41) is 0. The Morgan fingerprint density at radius 3 is 1.91 bits per heavy atom. The maximum absolute atomic E-state index is 12.7. The molecule has 2 aromatic carbocycles. The number of rotatable bonds is 11.